The predicted octanol–water partition coefficient (Wildman–Crippen LogP) is 1.26. The second-order valence-electron chi connectivity index (χ2n) is 4.17. The van der Waals surface area contributed by atoms with Crippen molar-refractivity contribution in [1.82, 2.24) is 10.6 Å². The first-order valence-corrected chi connectivity index (χ1v) is 6.23. The van der Waals surface area contributed by atoms with E-state index in [9.17, 15) is 9.59 Å². The molecule has 0 radical (unpaired) electrons. The lowest BCUT2D eigenvalue weighted by molar-refractivity contribution is -0.121. The van der Waals surface area contributed by atoms with Crippen LogP contribution in [0.2, 0.25) is 0 Å². The molecular weight excluding hydrogens is 228 g/mol. The summed E-state index contributed by atoms with van der Waals surface area (Å²) >= 11 is 0. The van der Waals surface area contributed by atoms with E-state index in [1.165, 1.54) is 12.5 Å². The van der Waals surface area contributed by atoms with Gasteiger partial charge in [-0.2, -0.15) is 0 Å². The van der Waals surface area contributed by atoms with Crippen molar-refractivity contribution in [3.05, 3.63) is 35.9 Å². The van der Waals surface area contributed by atoms with Crippen LogP contribution >= 0.6 is 0 Å². The third kappa shape index (κ3) is 6.68. The van der Waals surface area contributed by atoms with E-state index in [4.69, 9.17) is 0 Å². The summed E-state index contributed by atoms with van der Waals surface area (Å²) in [5.74, 6) is 0.0204. The van der Waals surface area contributed by atoms with Crippen LogP contribution in [0.25, 0.3) is 0 Å². The molecule has 0 unspecified atom stereocenters. The SMILES string of the molecule is CC(=O)NCCCNC(=O)CCc1ccccc1. The topological polar surface area (TPSA) is 58.2 Å². The molecular formula is C14H20N2O2. The zero-order valence-electron chi connectivity index (χ0n) is 10.7. The van der Waals surface area contributed by atoms with Crippen molar-refractivity contribution >= 4 is 11.8 Å². The van der Waals surface area contributed by atoms with Gasteiger partial charge in [0.1, 0.15) is 0 Å². The quantitative estimate of drug-likeness (QED) is 0.714. The molecule has 0 heterocycles. The number of rotatable bonds is 7. The van der Waals surface area contributed by atoms with Gasteiger partial charge in [-0.05, 0) is 18.4 Å². The number of hydrogen-bond acceptors (Lipinski definition) is 2. The molecule has 0 aliphatic heterocycles. The van der Waals surface area contributed by atoms with Gasteiger partial charge in [0.05, 0.1) is 0 Å². The Bertz CT molecular complexity index is 377. The number of aryl methyl sites for hydroxylation is 1. The molecule has 2 N–H and O–H groups in total. The molecule has 0 aliphatic rings. The van der Waals surface area contributed by atoms with E-state index in [1.807, 2.05) is 30.3 Å². The number of carbonyl (C=O) groups is 2. The molecule has 0 bridgehead atoms. The van der Waals surface area contributed by atoms with E-state index in [0.29, 0.717) is 19.5 Å². The molecule has 0 saturated carbocycles. The first-order chi connectivity index (χ1) is 8.68. The van der Waals surface area contributed by atoms with Gasteiger partial charge in [-0.1, -0.05) is 30.3 Å². The Balaban J connectivity index is 2.06. The molecule has 4 heteroatoms. The van der Waals surface area contributed by atoms with Gasteiger partial charge in [-0.25, -0.2) is 0 Å². The monoisotopic (exact) mass is 248 g/mol. The third-order valence-electron chi connectivity index (χ3n) is 2.53. The average molecular weight is 248 g/mol. The molecule has 1 rings (SSSR count). The fourth-order valence-corrected chi connectivity index (χ4v) is 1.57. The summed E-state index contributed by atoms with van der Waals surface area (Å²) in [5, 5.41) is 5.52. The maximum atomic E-state index is 11.5. The largest absolute Gasteiger partial charge is 0.356 e. The Morgan fingerprint density at radius 3 is 2.39 bits per heavy atom. The lowest BCUT2D eigenvalue weighted by Crippen LogP contribution is -2.28. The number of carbonyl (C=O) groups excluding carboxylic acids is 2. The van der Waals surface area contributed by atoms with E-state index >= 15 is 0 Å². The minimum atomic E-state index is -0.0367. The third-order valence-corrected chi connectivity index (χ3v) is 2.53. The van der Waals surface area contributed by atoms with Gasteiger partial charge < -0.3 is 10.6 Å². The van der Waals surface area contributed by atoms with E-state index in [1.54, 1.807) is 0 Å². The summed E-state index contributed by atoms with van der Waals surface area (Å²) in [6.07, 6.45) is 2.03. The van der Waals surface area contributed by atoms with Crippen LogP contribution in [0.5, 0.6) is 0 Å². The van der Waals surface area contributed by atoms with E-state index in [2.05, 4.69) is 10.6 Å². The van der Waals surface area contributed by atoms with Crippen LogP contribution in [-0.4, -0.2) is 24.9 Å². The molecule has 4 nitrogen and oxygen atoms in total. The van der Waals surface area contributed by atoms with Gasteiger partial charge in [-0.3, -0.25) is 9.59 Å². The van der Waals surface area contributed by atoms with Crippen molar-refractivity contribution in [3.63, 3.8) is 0 Å². The maximum Gasteiger partial charge on any atom is 0.220 e. The van der Waals surface area contributed by atoms with Crippen molar-refractivity contribution in [1.29, 1.82) is 0 Å². The van der Waals surface area contributed by atoms with Crippen LogP contribution < -0.4 is 10.6 Å². The standard InChI is InChI=1S/C14H20N2O2/c1-12(17)15-10-5-11-16-14(18)9-8-13-6-3-2-4-7-13/h2-4,6-7H,5,8-11H2,1H3,(H,15,17)(H,16,18). The first-order valence-electron chi connectivity index (χ1n) is 6.23. The van der Waals surface area contributed by atoms with Gasteiger partial charge in [0.2, 0.25) is 11.8 Å². The molecule has 18 heavy (non-hydrogen) atoms. The summed E-state index contributed by atoms with van der Waals surface area (Å²) in [6, 6.07) is 9.95. The highest BCUT2D eigenvalue weighted by Gasteiger charge is 2.01. The Hall–Kier alpha value is -1.84. The molecule has 0 aliphatic carbocycles. The number of nitrogens with one attached hydrogen (secondary N) is 2. The van der Waals surface area contributed by atoms with Crippen LogP contribution in [-0.2, 0) is 16.0 Å². The first kappa shape index (κ1) is 14.2. The van der Waals surface area contributed by atoms with Crippen molar-refractivity contribution in [2.75, 3.05) is 13.1 Å². The van der Waals surface area contributed by atoms with Gasteiger partial charge in [0.25, 0.3) is 0 Å². The molecule has 0 atom stereocenters. The second-order valence-corrected chi connectivity index (χ2v) is 4.17. The fraction of sp³-hybridized carbons (Fsp3) is 0.429. The van der Waals surface area contributed by atoms with Crippen molar-refractivity contribution in [2.24, 2.45) is 0 Å². The Morgan fingerprint density at radius 1 is 1.06 bits per heavy atom. The zero-order chi connectivity index (χ0) is 13.2. The summed E-state index contributed by atoms with van der Waals surface area (Å²) in [4.78, 5) is 22.1. The molecule has 98 valence electrons. The van der Waals surface area contributed by atoms with Crippen LogP contribution in [0.4, 0.5) is 0 Å². The maximum absolute atomic E-state index is 11.5. The zero-order valence-corrected chi connectivity index (χ0v) is 10.7. The van der Waals surface area contributed by atoms with Crippen LogP contribution in [0.1, 0.15) is 25.3 Å². The molecule has 0 aromatic heterocycles. The molecule has 1 aromatic rings. The smallest absolute Gasteiger partial charge is 0.220 e. The summed E-state index contributed by atoms with van der Waals surface area (Å²) in [5.41, 5.74) is 1.17. The Morgan fingerprint density at radius 2 is 1.72 bits per heavy atom. The van der Waals surface area contributed by atoms with Crippen LogP contribution in [0, 0.1) is 0 Å². The molecule has 0 saturated heterocycles. The number of hydrogen-bond donors (Lipinski definition) is 2. The minimum Gasteiger partial charge on any atom is -0.356 e. The van der Waals surface area contributed by atoms with Crippen molar-refractivity contribution < 1.29 is 9.59 Å². The molecule has 1 aromatic carbocycles. The van der Waals surface area contributed by atoms with Gasteiger partial charge in [0, 0.05) is 26.4 Å². The van der Waals surface area contributed by atoms with Gasteiger partial charge in [0.15, 0.2) is 0 Å². The molecule has 2 amide bonds. The summed E-state index contributed by atoms with van der Waals surface area (Å²) in [6.45, 7) is 2.70. The normalized spacial score (nSPS) is 9.83. The Labute approximate surface area is 108 Å². The highest BCUT2D eigenvalue weighted by molar-refractivity contribution is 5.76. The number of amides is 2. The van der Waals surface area contributed by atoms with Gasteiger partial charge in [-0.15, -0.1) is 0 Å². The minimum absolute atomic E-state index is 0.0367. The lowest BCUT2D eigenvalue weighted by Gasteiger charge is -2.05. The van der Waals surface area contributed by atoms with Gasteiger partial charge >= 0.3 is 0 Å². The molecule has 0 spiro atoms. The van der Waals surface area contributed by atoms with E-state index < -0.39 is 0 Å². The summed E-state index contributed by atoms with van der Waals surface area (Å²) in [7, 11) is 0. The second kappa shape index (κ2) is 8.28. The van der Waals surface area contributed by atoms with E-state index in [0.717, 1.165) is 12.8 Å². The lowest BCUT2D eigenvalue weighted by atomic mass is 10.1. The predicted molar refractivity (Wildman–Crippen MR) is 71.1 cm³/mol. The highest BCUT2D eigenvalue weighted by atomic mass is 16.2. The van der Waals surface area contributed by atoms with Crippen molar-refractivity contribution in [3.8, 4) is 0 Å². The van der Waals surface area contributed by atoms with E-state index in [-0.39, 0.29) is 11.8 Å². The summed E-state index contributed by atoms with van der Waals surface area (Å²) < 4.78 is 0. The number of benzene rings is 1. The van der Waals surface area contributed by atoms with Crippen molar-refractivity contribution in [2.45, 2.75) is 26.2 Å². The Kier molecular flexibility index (Phi) is 6.54. The van der Waals surface area contributed by atoms with Crippen LogP contribution in [0.15, 0.2) is 30.3 Å². The van der Waals surface area contributed by atoms with Crippen LogP contribution in [0.3, 0.4) is 0 Å². The highest BCUT2D eigenvalue weighted by Crippen LogP contribution is 2.01. The fourth-order valence-electron chi connectivity index (χ4n) is 1.57. The molecule has 0 fully saturated rings. The average Bonchev–Trinajstić information content (AvgIpc) is 2.37.